The summed E-state index contributed by atoms with van der Waals surface area (Å²) in [4.78, 5) is 0. The number of hydrogen-bond donors (Lipinski definition) is 5. The molecule has 0 radical (unpaired) electrons. The zero-order valence-corrected chi connectivity index (χ0v) is 31.0. The third-order valence-corrected chi connectivity index (χ3v) is 14.3. The largest absolute Gasteiger partial charge is 0.397 e. The molecule has 46 heavy (non-hydrogen) atoms. The van der Waals surface area contributed by atoms with Crippen molar-refractivity contribution < 1.29 is 17.2 Å². The molecule has 4 rings (SSSR count). The molecule has 0 aromatic heterocycles. The second kappa shape index (κ2) is 17.6. The van der Waals surface area contributed by atoms with Crippen molar-refractivity contribution >= 4 is 10.4 Å². The summed E-state index contributed by atoms with van der Waals surface area (Å²) in [5.41, 5.74) is 6.44. The molecule has 10 atom stereocenters. The molecule has 0 spiro atoms. The van der Waals surface area contributed by atoms with Gasteiger partial charge in [-0.15, -0.1) is 0 Å². The van der Waals surface area contributed by atoms with Crippen molar-refractivity contribution in [2.75, 3.05) is 39.3 Å². The van der Waals surface area contributed by atoms with Crippen LogP contribution in [-0.2, 0) is 14.6 Å². The monoisotopic (exact) mass is 669 g/mol. The zero-order chi connectivity index (χ0) is 33.4. The van der Waals surface area contributed by atoms with E-state index >= 15 is 0 Å². The molecule has 0 bridgehead atoms. The third-order valence-electron chi connectivity index (χ3n) is 13.8. The average molecular weight is 669 g/mol. The summed E-state index contributed by atoms with van der Waals surface area (Å²) in [7, 11) is -4.42. The normalized spacial score (nSPS) is 35.8. The van der Waals surface area contributed by atoms with Crippen molar-refractivity contribution in [3.05, 3.63) is 0 Å². The van der Waals surface area contributed by atoms with Crippen LogP contribution in [0.15, 0.2) is 0 Å². The molecule has 0 aliphatic heterocycles. The van der Waals surface area contributed by atoms with Crippen molar-refractivity contribution in [1.29, 1.82) is 0 Å². The van der Waals surface area contributed by atoms with Crippen LogP contribution in [0.4, 0.5) is 0 Å². The van der Waals surface area contributed by atoms with Crippen LogP contribution < -0.4 is 21.7 Å². The highest BCUT2D eigenvalue weighted by molar-refractivity contribution is 7.80. The lowest BCUT2D eigenvalue weighted by molar-refractivity contribution is -0.118. The number of fused-ring (bicyclic) bond motifs is 5. The molecule has 0 saturated heterocycles. The quantitative estimate of drug-likeness (QED) is 0.0730. The molecular weight excluding hydrogens is 596 g/mol. The van der Waals surface area contributed by atoms with E-state index in [0.29, 0.717) is 35.1 Å². The van der Waals surface area contributed by atoms with E-state index in [1.807, 2.05) is 13.8 Å². The summed E-state index contributed by atoms with van der Waals surface area (Å²) < 4.78 is 37.2. The van der Waals surface area contributed by atoms with Gasteiger partial charge in [0.2, 0.25) is 0 Å². The third kappa shape index (κ3) is 9.91. The molecule has 9 heteroatoms. The van der Waals surface area contributed by atoms with E-state index in [1.165, 1.54) is 77.0 Å². The SMILES string of the molecule is CC(C)[C@@H](CC[C@@H](C)[C@H]1CCC2C3CCC4C[C@@H](NCCCNCCCCNCCCN)CC[C@]4(C)C3CC[C@@]21C)OS(=O)(=O)O. The maximum Gasteiger partial charge on any atom is 0.397 e. The standard InChI is InChI=1S/C37H72N4O4S/c1-27(2)35(45-46(42,43)44)15-10-28(3)32-13-14-33-31-12-11-29-26-30(16-18-36(29,4)34(31)17-19-37(32,33)5)41-25-9-24-40-22-7-6-21-39-23-8-20-38/h27-35,39-41H,6-26,38H2,1-5H3,(H,42,43,44)/t28-,29?,30+,31?,32-,33?,34?,35-,36+,37-/m1/s1. The lowest BCUT2D eigenvalue weighted by Crippen LogP contribution is -2.55. The summed E-state index contributed by atoms with van der Waals surface area (Å²) in [6.45, 7) is 17.9. The molecule has 4 saturated carbocycles. The Morgan fingerprint density at radius 3 is 2.13 bits per heavy atom. The topological polar surface area (TPSA) is 126 Å². The second-order valence-corrected chi connectivity index (χ2v) is 17.9. The van der Waals surface area contributed by atoms with E-state index in [9.17, 15) is 13.0 Å². The summed E-state index contributed by atoms with van der Waals surface area (Å²) in [5, 5.41) is 11.1. The van der Waals surface area contributed by atoms with Crippen LogP contribution in [-0.4, -0.2) is 64.4 Å². The number of nitrogens with one attached hydrogen (secondary N) is 3. The van der Waals surface area contributed by atoms with E-state index in [-0.39, 0.29) is 5.92 Å². The molecule has 4 aliphatic carbocycles. The summed E-state index contributed by atoms with van der Waals surface area (Å²) >= 11 is 0. The first-order valence-corrected chi connectivity index (χ1v) is 20.8. The molecule has 4 aliphatic rings. The molecule has 8 nitrogen and oxygen atoms in total. The van der Waals surface area contributed by atoms with Crippen molar-refractivity contribution in [3.63, 3.8) is 0 Å². The summed E-state index contributed by atoms with van der Waals surface area (Å²) in [6.07, 6.45) is 18.3. The molecule has 0 heterocycles. The second-order valence-electron chi connectivity index (χ2n) is 16.9. The van der Waals surface area contributed by atoms with Gasteiger partial charge in [0.05, 0.1) is 6.10 Å². The Bertz CT molecular complexity index is 1010. The minimum atomic E-state index is -4.42. The molecule has 0 aromatic carbocycles. The number of hydrogen-bond acceptors (Lipinski definition) is 7. The van der Waals surface area contributed by atoms with Gasteiger partial charge in [0.1, 0.15) is 0 Å². The molecule has 6 N–H and O–H groups in total. The van der Waals surface area contributed by atoms with E-state index < -0.39 is 16.5 Å². The van der Waals surface area contributed by atoms with Gasteiger partial charge in [0, 0.05) is 6.04 Å². The van der Waals surface area contributed by atoms with Crippen LogP contribution >= 0.6 is 0 Å². The van der Waals surface area contributed by atoms with Crippen LogP contribution in [0, 0.1) is 52.3 Å². The number of rotatable bonds is 20. The van der Waals surface area contributed by atoms with E-state index in [2.05, 4.69) is 36.7 Å². The summed E-state index contributed by atoms with van der Waals surface area (Å²) in [5.74, 6) is 4.74. The molecule has 0 aromatic rings. The Labute approximate surface area is 283 Å². The van der Waals surface area contributed by atoms with Crippen molar-refractivity contribution in [2.45, 2.75) is 143 Å². The Kier molecular flexibility index (Phi) is 14.7. The van der Waals surface area contributed by atoms with Crippen LogP contribution in [0.5, 0.6) is 0 Å². The van der Waals surface area contributed by atoms with Gasteiger partial charge in [-0.3, -0.25) is 4.55 Å². The lowest BCUT2D eigenvalue weighted by Gasteiger charge is -2.61. The van der Waals surface area contributed by atoms with E-state index in [1.54, 1.807) is 0 Å². The number of unbranched alkanes of at least 4 members (excludes halogenated alkanes) is 1. The molecule has 0 amide bonds. The van der Waals surface area contributed by atoms with Crippen molar-refractivity contribution in [3.8, 4) is 0 Å². The minimum Gasteiger partial charge on any atom is -0.330 e. The predicted molar refractivity (Wildman–Crippen MR) is 190 cm³/mol. The van der Waals surface area contributed by atoms with Gasteiger partial charge in [-0.2, -0.15) is 8.42 Å². The van der Waals surface area contributed by atoms with Crippen molar-refractivity contribution in [2.24, 2.45) is 58.0 Å². The molecule has 270 valence electrons. The van der Waals surface area contributed by atoms with Gasteiger partial charge in [0.15, 0.2) is 0 Å². The Morgan fingerprint density at radius 1 is 0.804 bits per heavy atom. The van der Waals surface area contributed by atoms with Crippen molar-refractivity contribution in [1.82, 2.24) is 16.0 Å². The fraction of sp³-hybridized carbons (Fsp3) is 1.00. The molecule has 4 unspecified atom stereocenters. The predicted octanol–water partition coefficient (Wildman–Crippen LogP) is 6.56. The Balaban J connectivity index is 1.19. The first kappa shape index (κ1) is 38.5. The average Bonchev–Trinajstić information content (AvgIpc) is 3.36. The highest BCUT2D eigenvalue weighted by Gasteiger charge is 2.60. The summed E-state index contributed by atoms with van der Waals surface area (Å²) in [6, 6.07) is 0.694. The van der Waals surface area contributed by atoms with Gasteiger partial charge in [-0.05, 0) is 188 Å². The van der Waals surface area contributed by atoms with Gasteiger partial charge in [0.25, 0.3) is 0 Å². The fourth-order valence-corrected chi connectivity index (χ4v) is 11.8. The van der Waals surface area contributed by atoms with E-state index in [4.69, 9.17) is 9.92 Å². The first-order chi connectivity index (χ1) is 21.9. The van der Waals surface area contributed by atoms with Gasteiger partial charge in [-0.1, -0.05) is 34.6 Å². The first-order valence-electron chi connectivity index (χ1n) is 19.4. The molecular formula is C37H72N4O4S. The maximum atomic E-state index is 11.4. The van der Waals surface area contributed by atoms with Crippen LogP contribution in [0.2, 0.25) is 0 Å². The van der Waals surface area contributed by atoms with Crippen LogP contribution in [0.3, 0.4) is 0 Å². The van der Waals surface area contributed by atoms with Crippen LogP contribution in [0.1, 0.15) is 131 Å². The van der Waals surface area contributed by atoms with Crippen LogP contribution in [0.25, 0.3) is 0 Å². The maximum absolute atomic E-state index is 11.4. The van der Waals surface area contributed by atoms with Gasteiger partial charge < -0.3 is 21.7 Å². The van der Waals surface area contributed by atoms with Gasteiger partial charge in [-0.25, -0.2) is 4.18 Å². The van der Waals surface area contributed by atoms with E-state index in [0.717, 1.165) is 75.8 Å². The highest BCUT2D eigenvalue weighted by Crippen LogP contribution is 2.68. The fourth-order valence-electron chi connectivity index (χ4n) is 11.2. The molecule has 4 fully saturated rings. The Morgan fingerprint density at radius 2 is 1.46 bits per heavy atom. The lowest BCUT2D eigenvalue weighted by atomic mass is 9.44. The Hall–Kier alpha value is -0.290. The highest BCUT2D eigenvalue weighted by atomic mass is 32.3. The zero-order valence-electron chi connectivity index (χ0n) is 30.2. The minimum absolute atomic E-state index is 0.0506. The number of nitrogens with two attached hydrogens (primary N) is 1. The van der Waals surface area contributed by atoms with Gasteiger partial charge >= 0.3 is 10.4 Å². The smallest absolute Gasteiger partial charge is 0.330 e.